The van der Waals surface area contributed by atoms with Crippen LogP contribution in [0.4, 0.5) is 17.2 Å². The van der Waals surface area contributed by atoms with Crippen LogP contribution in [-0.4, -0.2) is 24.1 Å². The van der Waals surface area contributed by atoms with Crippen molar-refractivity contribution >= 4 is 17.2 Å². The molecule has 0 amide bonds. The summed E-state index contributed by atoms with van der Waals surface area (Å²) >= 11 is 0. The zero-order chi connectivity index (χ0) is 14.7. The van der Waals surface area contributed by atoms with Crippen molar-refractivity contribution in [2.24, 2.45) is 0 Å². The van der Waals surface area contributed by atoms with E-state index < -0.39 is 0 Å². The van der Waals surface area contributed by atoms with Crippen molar-refractivity contribution in [3.63, 3.8) is 0 Å². The van der Waals surface area contributed by atoms with E-state index in [1.54, 1.807) is 6.20 Å². The lowest BCUT2D eigenvalue weighted by Gasteiger charge is -2.13. The zero-order valence-electron chi connectivity index (χ0n) is 12.1. The van der Waals surface area contributed by atoms with Crippen LogP contribution in [0, 0.1) is 25.2 Å². The predicted molar refractivity (Wildman–Crippen MR) is 80.3 cm³/mol. The lowest BCUT2D eigenvalue weighted by Crippen LogP contribution is -2.10. The highest BCUT2D eigenvalue weighted by atomic mass is 15.1. The number of nitrogens with zero attached hydrogens (tertiary/aromatic N) is 4. The fourth-order valence-electron chi connectivity index (χ4n) is 1.95. The van der Waals surface area contributed by atoms with E-state index in [-0.39, 0.29) is 0 Å². The van der Waals surface area contributed by atoms with Crippen molar-refractivity contribution < 1.29 is 0 Å². The molecule has 0 fully saturated rings. The number of aryl methyl sites for hydroxylation is 2. The molecule has 0 saturated heterocycles. The van der Waals surface area contributed by atoms with Gasteiger partial charge in [-0.25, -0.2) is 4.98 Å². The van der Waals surface area contributed by atoms with Gasteiger partial charge in [0.15, 0.2) is 0 Å². The summed E-state index contributed by atoms with van der Waals surface area (Å²) in [5.74, 6) is 0.887. The lowest BCUT2D eigenvalue weighted by molar-refractivity contribution is 1.07. The summed E-state index contributed by atoms with van der Waals surface area (Å²) in [4.78, 5) is 10.6. The number of anilines is 3. The number of hydrogen-bond acceptors (Lipinski definition) is 5. The third-order valence-corrected chi connectivity index (χ3v) is 2.93. The molecular formula is C15H17N5. The molecular weight excluding hydrogens is 250 g/mol. The Morgan fingerprint density at radius 1 is 1.25 bits per heavy atom. The summed E-state index contributed by atoms with van der Waals surface area (Å²) in [5.41, 5.74) is 3.77. The van der Waals surface area contributed by atoms with Crippen molar-refractivity contribution in [1.29, 1.82) is 5.26 Å². The fourth-order valence-corrected chi connectivity index (χ4v) is 1.95. The summed E-state index contributed by atoms with van der Waals surface area (Å²) < 4.78 is 0. The molecule has 0 aliphatic rings. The topological polar surface area (TPSA) is 64.8 Å². The Hall–Kier alpha value is -2.61. The first-order chi connectivity index (χ1) is 9.51. The maximum atomic E-state index is 9.23. The number of hydrogen-bond donors (Lipinski definition) is 1. The van der Waals surface area contributed by atoms with E-state index in [0.29, 0.717) is 5.56 Å². The first-order valence-corrected chi connectivity index (χ1v) is 6.30. The molecule has 0 unspecified atom stereocenters. The average Bonchev–Trinajstić information content (AvgIpc) is 2.39. The molecule has 0 atom stereocenters. The van der Waals surface area contributed by atoms with Crippen LogP contribution in [0.1, 0.15) is 17.0 Å². The Balaban J connectivity index is 2.33. The minimum absolute atomic E-state index is 0.562. The van der Waals surface area contributed by atoms with Crippen LogP contribution in [-0.2, 0) is 0 Å². The van der Waals surface area contributed by atoms with Crippen LogP contribution in [0.25, 0.3) is 0 Å². The van der Waals surface area contributed by atoms with Crippen molar-refractivity contribution in [3.8, 4) is 6.07 Å². The molecule has 0 aliphatic heterocycles. The molecule has 0 spiro atoms. The van der Waals surface area contributed by atoms with Gasteiger partial charge in [-0.3, -0.25) is 4.98 Å². The standard InChI is InChI=1S/C15H17N5/c1-10-7-14(13(8-16)11(2)18-10)19-12-5-6-15(17-9-12)20(3)4/h5-7,9H,1-4H3,(H,18,19). The molecule has 0 bridgehead atoms. The highest BCUT2D eigenvalue weighted by Crippen LogP contribution is 2.23. The fraction of sp³-hybridized carbons (Fsp3) is 0.267. The second-order valence-corrected chi connectivity index (χ2v) is 4.81. The summed E-state index contributed by atoms with van der Waals surface area (Å²) in [5, 5.41) is 12.5. The first-order valence-electron chi connectivity index (χ1n) is 6.30. The van der Waals surface area contributed by atoms with Crippen molar-refractivity contribution in [2.75, 3.05) is 24.3 Å². The predicted octanol–water partition coefficient (Wildman–Crippen LogP) is 2.77. The van der Waals surface area contributed by atoms with Crippen LogP contribution in [0.3, 0.4) is 0 Å². The molecule has 2 aromatic rings. The van der Waals surface area contributed by atoms with E-state index in [2.05, 4.69) is 21.4 Å². The zero-order valence-corrected chi connectivity index (χ0v) is 12.1. The summed E-state index contributed by atoms with van der Waals surface area (Å²) in [6.45, 7) is 3.75. The van der Waals surface area contributed by atoms with E-state index >= 15 is 0 Å². The van der Waals surface area contributed by atoms with Gasteiger partial charge < -0.3 is 10.2 Å². The minimum atomic E-state index is 0.562. The number of rotatable bonds is 3. The van der Waals surface area contributed by atoms with Gasteiger partial charge in [0.25, 0.3) is 0 Å². The van der Waals surface area contributed by atoms with Crippen LogP contribution >= 0.6 is 0 Å². The van der Waals surface area contributed by atoms with Gasteiger partial charge in [0, 0.05) is 19.8 Å². The van der Waals surface area contributed by atoms with Gasteiger partial charge in [0.1, 0.15) is 11.9 Å². The second kappa shape index (κ2) is 5.57. The maximum absolute atomic E-state index is 9.23. The molecule has 2 rings (SSSR count). The van der Waals surface area contributed by atoms with Gasteiger partial charge in [-0.1, -0.05) is 0 Å². The van der Waals surface area contributed by atoms with E-state index in [1.807, 2.05) is 51.0 Å². The largest absolute Gasteiger partial charge is 0.363 e. The Bertz CT molecular complexity index is 653. The number of nitrogens with one attached hydrogen (secondary N) is 1. The van der Waals surface area contributed by atoms with E-state index in [1.165, 1.54) is 0 Å². The smallest absolute Gasteiger partial charge is 0.128 e. The second-order valence-electron chi connectivity index (χ2n) is 4.81. The first kappa shape index (κ1) is 13.8. The summed E-state index contributed by atoms with van der Waals surface area (Å²) in [7, 11) is 3.89. The number of aromatic nitrogens is 2. The Labute approximate surface area is 118 Å². The Morgan fingerprint density at radius 3 is 2.55 bits per heavy atom. The molecule has 2 aromatic heterocycles. The normalized spacial score (nSPS) is 9.95. The SMILES string of the molecule is Cc1cc(Nc2ccc(N(C)C)nc2)c(C#N)c(C)n1. The Kier molecular flexibility index (Phi) is 3.85. The molecule has 0 saturated carbocycles. The van der Waals surface area contributed by atoms with Crippen molar-refractivity contribution in [1.82, 2.24) is 9.97 Å². The third-order valence-electron chi connectivity index (χ3n) is 2.93. The molecule has 102 valence electrons. The molecule has 1 N–H and O–H groups in total. The van der Waals surface area contributed by atoms with Gasteiger partial charge in [-0.2, -0.15) is 5.26 Å². The monoisotopic (exact) mass is 267 g/mol. The van der Waals surface area contributed by atoms with Crippen molar-refractivity contribution in [3.05, 3.63) is 41.3 Å². The van der Waals surface area contributed by atoms with Crippen LogP contribution in [0.2, 0.25) is 0 Å². The van der Waals surface area contributed by atoms with Gasteiger partial charge in [-0.15, -0.1) is 0 Å². The van der Waals surface area contributed by atoms with Gasteiger partial charge in [0.2, 0.25) is 0 Å². The lowest BCUT2D eigenvalue weighted by atomic mass is 10.1. The quantitative estimate of drug-likeness (QED) is 0.926. The average molecular weight is 267 g/mol. The molecule has 20 heavy (non-hydrogen) atoms. The Morgan fingerprint density at radius 2 is 2.00 bits per heavy atom. The van der Waals surface area contributed by atoms with Crippen molar-refractivity contribution in [2.45, 2.75) is 13.8 Å². The number of pyridine rings is 2. The molecule has 5 heteroatoms. The van der Waals surface area contributed by atoms with Crippen LogP contribution in [0.5, 0.6) is 0 Å². The van der Waals surface area contributed by atoms with Crippen LogP contribution in [0.15, 0.2) is 24.4 Å². The number of nitriles is 1. The summed E-state index contributed by atoms with van der Waals surface area (Å²) in [6.07, 6.45) is 1.75. The maximum Gasteiger partial charge on any atom is 0.128 e. The molecule has 0 aliphatic carbocycles. The molecule has 5 nitrogen and oxygen atoms in total. The van der Waals surface area contributed by atoms with E-state index in [9.17, 15) is 5.26 Å². The van der Waals surface area contributed by atoms with Crippen LogP contribution < -0.4 is 10.2 Å². The highest BCUT2D eigenvalue weighted by molar-refractivity contribution is 5.68. The van der Waals surface area contributed by atoms with Gasteiger partial charge in [0.05, 0.1) is 28.8 Å². The van der Waals surface area contributed by atoms with E-state index in [0.717, 1.165) is 28.6 Å². The summed E-state index contributed by atoms with van der Waals surface area (Å²) in [6, 6.07) is 7.92. The molecule has 0 aromatic carbocycles. The van der Waals surface area contributed by atoms with Gasteiger partial charge >= 0.3 is 0 Å². The molecule has 2 heterocycles. The van der Waals surface area contributed by atoms with Gasteiger partial charge in [-0.05, 0) is 32.0 Å². The third kappa shape index (κ3) is 2.86. The highest BCUT2D eigenvalue weighted by Gasteiger charge is 2.08. The molecule has 0 radical (unpaired) electrons. The minimum Gasteiger partial charge on any atom is -0.363 e. The van der Waals surface area contributed by atoms with E-state index in [4.69, 9.17) is 0 Å².